The molecule has 0 radical (unpaired) electrons. The molecule has 0 aliphatic carbocycles. The summed E-state index contributed by atoms with van der Waals surface area (Å²) in [5.74, 6) is 0. The third kappa shape index (κ3) is 7.14. The Morgan fingerprint density at radius 2 is 1.86 bits per heavy atom. The minimum absolute atomic E-state index is 0.405. The Kier molecular flexibility index (Phi) is 6.27. The van der Waals surface area contributed by atoms with Gasteiger partial charge in [-0.2, -0.15) is 0 Å². The van der Waals surface area contributed by atoms with Crippen LogP contribution in [0.3, 0.4) is 0 Å². The Balaban J connectivity index is 2.45. The Morgan fingerprint density at radius 1 is 1.23 bits per heavy atom. The van der Waals surface area contributed by atoms with E-state index in [-0.39, 0.29) is 0 Å². The summed E-state index contributed by atoms with van der Waals surface area (Å²) in [4.78, 5) is 11.8. The average Bonchev–Trinajstić information content (AvgIpc) is 2.30. The number of alkyl carbamates (subject to hydrolysis) is 1. The van der Waals surface area contributed by atoms with Gasteiger partial charge in [0.15, 0.2) is 0 Å². The zero-order valence-electron chi connectivity index (χ0n) is 14.3. The molecule has 0 aliphatic rings. The van der Waals surface area contributed by atoms with E-state index in [0.29, 0.717) is 13.1 Å². The van der Waals surface area contributed by atoms with E-state index in [4.69, 9.17) is 16.3 Å². The summed E-state index contributed by atoms with van der Waals surface area (Å²) < 4.78 is 5.27. The predicted molar refractivity (Wildman–Crippen MR) is 91.3 cm³/mol. The zero-order valence-corrected chi connectivity index (χ0v) is 15.1. The molecule has 124 valence electrons. The molecule has 22 heavy (non-hydrogen) atoms. The molecule has 0 unspecified atom stereocenters. The van der Waals surface area contributed by atoms with E-state index in [1.807, 2.05) is 59.7 Å². The van der Waals surface area contributed by atoms with Crippen LogP contribution in [0.4, 0.5) is 4.79 Å². The zero-order chi connectivity index (χ0) is 17.0. The van der Waals surface area contributed by atoms with Gasteiger partial charge in [0.05, 0.1) is 5.54 Å². The van der Waals surface area contributed by atoms with Crippen LogP contribution in [-0.2, 0) is 11.3 Å². The number of amides is 1. The molecule has 0 fully saturated rings. The van der Waals surface area contributed by atoms with Crippen LogP contribution in [0.25, 0.3) is 0 Å². The van der Waals surface area contributed by atoms with Crippen LogP contribution in [0.5, 0.6) is 0 Å². The van der Waals surface area contributed by atoms with Crippen LogP contribution in [-0.4, -0.2) is 23.8 Å². The number of ether oxygens (including phenoxy) is 1. The monoisotopic (exact) mass is 326 g/mol. The molecule has 0 aliphatic heterocycles. The van der Waals surface area contributed by atoms with Gasteiger partial charge in [0.2, 0.25) is 0 Å². The topological polar surface area (TPSA) is 50.4 Å². The normalized spacial score (nSPS) is 12.1. The molecule has 0 heterocycles. The highest BCUT2D eigenvalue weighted by Crippen LogP contribution is 2.16. The maximum Gasteiger partial charge on any atom is 0.408 e. The lowest BCUT2D eigenvalue weighted by Crippen LogP contribution is -2.51. The fourth-order valence-electron chi connectivity index (χ4n) is 1.89. The molecule has 1 aromatic carbocycles. The van der Waals surface area contributed by atoms with Gasteiger partial charge in [-0.1, -0.05) is 23.7 Å². The van der Waals surface area contributed by atoms with Gasteiger partial charge in [0.25, 0.3) is 0 Å². The van der Waals surface area contributed by atoms with E-state index in [2.05, 4.69) is 10.6 Å². The summed E-state index contributed by atoms with van der Waals surface area (Å²) >= 11 is 6.11. The lowest BCUT2D eigenvalue weighted by molar-refractivity contribution is 0.0472. The van der Waals surface area contributed by atoms with Crippen molar-refractivity contribution in [3.8, 4) is 0 Å². The van der Waals surface area contributed by atoms with Crippen molar-refractivity contribution in [2.75, 3.05) is 6.54 Å². The van der Waals surface area contributed by atoms with Crippen molar-refractivity contribution in [2.45, 2.75) is 59.2 Å². The van der Waals surface area contributed by atoms with E-state index < -0.39 is 17.2 Å². The fraction of sp³-hybridized carbons (Fsp3) is 0.588. The van der Waals surface area contributed by atoms with Crippen molar-refractivity contribution in [3.63, 3.8) is 0 Å². The van der Waals surface area contributed by atoms with Crippen molar-refractivity contribution < 1.29 is 9.53 Å². The summed E-state index contributed by atoms with van der Waals surface area (Å²) in [6.45, 7) is 12.7. The molecular formula is C17H27ClN2O2. The lowest BCUT2D eigenvalue weighted by atomic mass is 10.1. The minimum atomic E-state index is -0.494. The van der Waals surface area contributed by atoms with Crippen molar-refractivity contribution in [1.82, 2.24) is 10.6 Å². The Labute approximate surface area is 138 Å². The maximum absolute atomic E-state index is 11.8. The van der Waals surface area contributed by atoms with Gasteiger partial charge in [0, 0.05) is 18.1 Å². The van der Waals surface area contributed by atoms with Gasteiger partial charge in [-0.3, -0.25) is 0 Å². The average molecular weight is 327 g/mol. The van der Waals surface area contributed by atoms with Crippen LogP contribution < -0.4 is 10.6 Å². The number of carbonyl (C=O) groups excluding carboxylic acids is 1. The van der Waals surface area contributed by atoms with Gasteiger partial charge in [-0.05, 0) is 58.7 Å². The summed E-state index contributed by atoms with van der Waals surface area (Å²) in [6.07, 6.45) is -0.405. The summed E-state index contributed by atoms with van der Waals surface area (Å²) in [7, 11) is 0. The van der Waals surface area contributed by atoms with Crippen LogP contribution in [0.2, 0.25) is 5.02 Å². The quantitative estimate of drug-likeness (QED) is 0.858. The van der Waals surface area contributed by atoms with Crippen LogP contribution in [0, 0.1) is 6.92 Å². The molecule has 0 atom stereocenters. The molecule has 1 rings (SSSR count). The first-order valence-electron chi connectivity index (χ1n) is 7.45. The molecule has 0 saturated heterocycles. The number of hydrogen-bond donors (Lipinski definition) is 2. The number of hydrogen-bond acceptors (Lipinski definition) is 3. The van der Waals surface area contributed by atoms with Crippen molar-refractivity contribution in [1.29, 1.82) is 0 Å². The van der Waals surface area contributed by atoms with E-state index in [0.717, 1.165) is 16.1 Å². The van der Waals surface area contributed by atoms with Crippen molar-refractivity contribution in [2.24, 2.45) is 0 Å². The fourth-order valence-corrected chi connectivity index (χ4v) is 2.09. The smallest absolute Gasteiger partial charge is 0.408 e. The van der Waals surface area contributed by atoms with E-state index >= 15 is 0 Å². The first-order chi connectivity index (χ1) is 9.98. The largest absolute Gasteiger partial charge is 0.444 e. The van der Waals surface area contributed by atoms with Crippen LogP contribution in [0.1, 0.15) is 45.7 Å². The molecule has 0 aromatic heterocycles. The number of aryl methyl sites for hydroxylation is 1. The molecule has 2 N–H and O–H groups in total. The predicted octanol–water partition coefficient (Wildman–Crippen LogP) is 4.04. The third-order valence-corrected chi connectivity index (χ3v) is 3.38. The summed E-state index contributed by atoms with van der Waals surface area (Å²) in [6, 6.07) is 6.00. The minimum Gasteiger partial charge on any atom is -0.444 e. The Hall–Kier alpha value is -1.26. The number of rotatable bonds is 5. The molecular weight excluding hydrogens is 300 g/mol. The first kappa shape index (κ1) is 18.8. The van der Waals surface area contributed by atoms with Gasteiger partial charge in [-0.25, -0.2) is 4.79 Å². The van der Waals surface area contributed by atoms with Crippen LogP contribution >= 0.6 is 11.6 Å². The SMILES string of the molecule is Cc1ccc(CNCC(C)(C)NC(=O)OC(C)(C)C)cc1Cl. The number of halogens is 1. The first-order valence-corrected chi connectivity index (χ1v) is 7.83. The van der Waals surface area contributed by atoms with E-state index in [1.54, 1.807) is 0 Å². The highest BCUT2D eigenvalue weighted by molar-refractivity contribution is 6.31. The molecule has 5 heteroatoms. The number of nitrogens with one attached hydrogen (secondary N) is 2. The maximum atomic E-state index is 11.8. The molecule has 0 saturated carbocycles. The molecule has 0 bridgehead atoms. The highest BCUT2D eigenvalue weighted by Gasteiger charge is 2.24. The standard InChI is InChI=1S/C17H27ClN2O2/c1-12-7-8-13(9-14(12)18)10-19-11-17(5,6)20-15(21)22-16(2,3)4/h7-9,19H,10-11H2,1-6H3,(H,20,21). The van der Waals surface area contributed by atoms with Gasteiger partial charge >= 0.3 is 6.09 Å². The van der Waals surface area contributed by atoms with E-state index in [1.165, 1.54) is 0 Å². The van der Waals surface area contributed by atoms with Crippen LogP contribution in [0.15, 0.2) is 18.2 Å². The highest BCUT2D eigenvalue weighted by atomic mass is 35.5. The Bertz CT molecular complexity index is 522. The lowest BCUT2D eigenvalue weighted by Gasteiger charge is -2.29. The summed E-state index contributed by atoms with van der Waals surface area (Å²) in [5, 5.41) is 6.97. The Morgan fingerprint density at radius 3 is 2.41 bits per heavy atom. The molecule has 1 amide bonds. The second-order valence-corrected chi connectivity index (χ2v) is 7.61. The molecule has 1 aromatic rings. The second kappa shape index (κ2) is 7.34. The third-order valence-electron chi connectivity index (χ3n) is 2.97. The number of benzene rings is 1. The second-order valence-electron chi connectivity index (χ2n) is 7.20. The summed E-state index contributed by atoms with van der Waals surface area (Å²) in [5.41, 5.74) is 1.28. The van der Waals surface area contributed by atoms with Gasteiger partial charge in [-0.15, -0.1) is 0 Å². The molecule has 4 nitrogen and oxygen atoms in total. The van der Waals surface area contributed by atoms with Gasteiger partial charge in [0.1, 0.15) is 5.60 Å². The number of carbonyl (C=O) groups is 1. The van der Waals surface area contributed by atoms with Crippen molar-refractivity contribution in [3.05, 3.63) is 34.3 Å². The molecule has 0 spiro atoms. The van der Waals surface area contributed by atoms with Crippen molar-refractivity contribution >= 4 is 17.7 Å². The van der Waals surface area contributed by atoms with Gasteiger partial charge < -0.3 is 15.4 Å². The van der Waals surface area contributed by atoms with E-state index in [9.17, 15) is 4.79 Å².